The second kappa shape index (κ2) is 17.1. The lowest BCUT2D eigenvalue weighted by molar-refractivity contribution is -0.129. The molecule has 0 unspecified atom stereocenters. The molecule has 0 fully saturated rings. The van der Waals surface area contributed by atoms with Crippen LogP contribution in [0.2, 0.25) is 0 Å². The Kier molecular flexibility index (Phi) is 12.2. The van der Waals surface area contributed by atoms with Crippen molar-refractivity contribution < 1.29 is 38.3 Å². The second-order valence-electron chi connectivity index (χ2n) is 11.6. The van der Waals surface area contributed by atoms with Gasteiger partial charge in [0.05, 0.1) is 41.6 Å². The van der Waals surface area contributed by atoms with Crippen molar-refractivity contribution in [2.75, 3.05) is 41.7 Å². The Hall–Kier alpha value is -5.91. The number of carbonyl (C=O) groups excluding carboxylic acids is 1. The SMILES string of the molecule is COc1cccc([C@H]2OC(c3ccc(OCCCO)cc3)=N[C@@]2(Cc2ccccc2CN=[N+]=[N-])C(=O)NCc2cc(OC)c(OC)c(OC)c2)c1. The first-order valence-corrected chi connectivity index (χ1v) is 16.3. The van der Waals surface area contributed by atoms with Crippen LogP contribution in [0.3, 0.4) is 0 Å². The molecule has 5 rings (SSSR count). The smallest absolute Gasteiger partial charge is 0.252 e. The molecule has 0 saturated heterocycles. The van der Waals surface area contributed by atoms with E-state index in [0.717, 1.165) is 11.1 Å². The Bertz CT molecular complexity index is 1870. The van der Waals surface area contributed by atoms with E-state index in [-0.39, 0.29) is 32.0 Å². The van der Waals surface area contributed by atoms with E-state index < -0.39 is 17.6 Å². The molecule has 0 bridgehead atoms. The molecule has 0 aliphatic carbocycles. The van der Waals surface area contributed by atoms with Crippen molar-refractivity contribution in [1.82, 2.24) is 5.32 Å². The van der Waals surface area contributed by atoms with Crippen LogP contribution in [0.1, 0.15) is 40.3 Å². The molecule has 0 aromatic heterocycles. The van der Waals surface area contributed by atoms with Crippen molar-refractivity contribution in [3.8, 4) is 28.7 Å². The lowest BCUT2D eigenvalue weighted by atomic mass is 9.80. The normalized spacial score (nSPS) is 16.3. The van der Waals surface area contributed by atoms with Crippen molar-refractivity contribution in [1.29, 1.82) is 0 Å². The van der Waals surface area contributed by atoms with Gasteiger partial charge in [-0.05, 0) is 76.3 Å². The van der Waals surface area contributed by atoms with Gasteiger partial charge in [-0.1, -0.05) is 41.5 Å². The molecule has 0 saturated carbocycles. The number of hydrogen-bond donors (Lipinski definition) is 2. The topological polar surface area (TPSA) is 166 Å². The standard InChI is InChI=1S/C38H41N5O8/c1-46-31-12-7-11-27(21-31)35-38(22-28-9-5-6-10-29(28)24-41-43-39,42-36(51-35)26-13-15-30(16-14-26)50-18-8-17-44)37(45)40-23-25-19-32(47-2)34(49-4)33(20-25)48-3/h5-7,9-16,19-21,35,44H,8,17-18,22-24H2,1-4H3,(H,40,45)/t35-,38-/m1/s1. The first-order valence-electron chi connectivity index (χ1n) is 16.3. The maximum Gasteiger partial charge on any atom is 0.252 e. The Morgan fingerprint density at radius 3 is 2.29 bits per heavy atom. The number of aliphatic hydroxyl groups excluding tert-OH is 1. The number of rotatable bonds is 17. The lowest BCUT2D eigenvalue weighted by Crippen LogP contribution is -2.49. The zero-order valence-corrected chi connectivity index (χ0v) is 29.0. The van der Waals surface area contributed by atoms with Crippen molar-refractivity contribution >= 4 is 11.8 Å². The molecule has 4 aromatic carbocycles. The van der Waals surface area contributed by atoms with Crippen LogP contribution in [-0.2, 0) is 29.0 Å². The maximum atomic E-state index is 14.9. The highest BCUT2D eigenvalue weighted by Crippen LogP contribution is 2.44. The van der Waals surface area contributed by atoms with E-state index in [2.05, 4.69) is 15.3 Å². The molecule has 2 atom stereocenters. The predicted molar refractivity (Wildman–Crippen MR) is 191 cm³/mol. The molecule has 266 valence electrons. The number of aliphatic hydroxyl groups is 1. The van der Waals surface area contributed by atoms with E-state index in [0.29, 0.717) is 58.5 Å². The van der Waals surface area contributed by atoms with Gasteiger partial charge in [0.1, 0.15) is 11.5 Å². The summed E-state index contributed by atoms with van der Waals surface area (Å²) in [6.07, 6.45) is -0.274. The highest BCUT2D eigenvalue weighted by atomic mass is 16.5. The molecular formula is C38H41N5O8. The molecule has 1 aliphatic heterocycles. The van der Waals surface area contributed by atoms with Gasteiger partial charge < -0.3 is 38.8 Å². The maximum absolute atomic E-state index is 14.9. The molecule has 0 radical (unpaired) electrons. The van der Waals surface area contributed by atoms with Crippen LogP contribution in [0.25, 0.3) is 10.4 Å². The fraction of sp³-hybridized carbons (Fsp3) is 0.316. The Balaban J connectivity index is 1.62. The van der Waals surface area contributed by atoms with Crippen LogP contribution < -0.4 is 29.0 Å². The molecule has 13 heteroatoms. The number of benzene rings is 4. The van der Waals surface area contributed by atoms with Crippen molar-refractivity contribution in [3.05, 3.63) is 123 Å². The van der Waals surface area contributed by atoms with Gasteiger partial charge in [-0.25, -0.2) is 4.99 Å². The summed E-state index contributed by atoms with van der Waals surface area (Å²) in [5, 5.41) is 16.0. The van der Waals surface area contributed by atoms with E-state index in [1.807, 2.05) is 60.7 Å². The molecule has 1 heterocycles. The van der Waals surface area contributed by atoms with Gasteiger partial charge in [0, 0.05) is 36.5 Å². The first kappa shape index (κ1) is 36.4. The predicted octanol–water partition coefficient (Wildman–Crippen LogP) is 6.11. The van der Waals surface area contributed by atoms with Gasteiger partial charge in [0.2, 0.25) is 11.6 Å². The minimum Gasteiger partial charge on any atom is -0.497 e. The average molecular weight is 696 g/mol. The minimum atomic E-state index is -1.54. The molecule has 0 spiro atoms. The number of carbonyl (C=O) groups is 1. The number of aliphatic imine (C=N–C) groups is 1. The summed E-state index contributed by atoms with van der Waals surface area (Å²) in [6, 6.07) is 25.6. The van der Waals surface area contributed by atoms with Gasteiger partial charge >= 0.3 is 0 Å². The molecule has 1 amide bonds. The fourth-order valence-electron chi connectivity index (χ4n) is 5.94. The molecular weight excluding hydrogens is 654 g/mol. The number of amides is 1. The van der Waals surface area contributed by atoms with E-state index >= 15 is 0 Å². The average Bonchev–Trinajstić information content (AvgIpc) is 3.56. The number of nitrogens with one attached hydrogen (secondary N) is 1. The summed E-state index contributed by atoms with van der Waals surface area (Å²) >= 11 is 0. The number of azide groups is 1. The van der Waals surface area contributed by atoms with Crippen molar-refractivity contribution in [3.63, 3.8) is 0 Å². The summed E-state index contributed by atoms with van der Waals surface area (Å²) < 4.78 is 34.5. The molecule has 1 aliphatic rings. The Morgan fingerprint density at radius 1 is 0.922 bits per heavy atom. The van der Waals surface area contributed by atoms with E-state index in [1.54, 1.807) is 31.4 Å². The fourth-order valence-corrected chi connectivity index (χ4v) is 5.94. The highest BCUT2D eigenvalue weighted by Gasteiger charge is 2.53. The number of methoxy groups -OCH3 is 4. The van der Waals surface area contributed by atoms with Gasteiger partial charge in [-0.15, -0.1) is 0 Å². The van der Waals surface area contributed by atoms with Crippen LogP contribution in [0.4, 0.5) is 0 Å². The molecule has 51 heavy (non-hydrogen) atoms. The summed E-state index contributed by atoms with van der Waals surface area (Å²) in [5.74, 6) is 2.41. The number of ether oxygens (including phenoxy) is 6. The van der Waals surface area contributed by atoms with Crippen LogP contribution in [0.5, 0.6) is 28.7 Å². The van der Waals surface area contributed by atoms with E-state index in [9.17, 15) is 4.79 Å². The largest absolute Gasteiger partial charge is 0.497 e. The van der Waals surface area contributed by atoms with Crippen LogP contribution in [-0.4, -0.2) is 64.1 Å². The van der Waals surface area contributed by atoms with Crippen LogP contribution in [0, 0.1) is 0 Å². The zero-order valence-electron chi connectivity index (χ0n) is 29.0. The van der Waals surface area contributed by atoms with Crippen LogP contribution in [0.15, 0.2) is 95.0 Å². The zero-order chi connectivity index (χ0) is 36.2. The quantitative estimate of drug-likeness (QED) is 0.0578. The second-order valence-corrected chi connectivity index (χ2v) is 11.6. The minimum absolute atomic E-state index is 0.0318. The number of hydrogen-bond acceptors (Lipinski definition) is 10. The molecule has 13 nitrogen and oxygen atoms in total. The molecule has 4 aromatic rings. The summed E-state index contributed by atoms with van der Waals surface area (Å²) in [6.45, 7) is 0.599. The van der Waals surface area contributed by atoms with Crippen LogP contribution >= 0.6 is 0 Å². The third-order valence-electron chi connectivity index (χ3n) is 8.49. The van der Waals surface area contributed by atoms with Gasteiger partial charge in [0.15, 0.2) is 23.1 Å². The van der Waals surface area contributed by atoms with Gasteiger partial charge in [-0.3, -0.25) is 4.79 Å². The molecule has 2 N–H and O–H groups in total. The highest BCUT2D eigenvalue weighted by molar-refractivity contribution is 6.01. The summed E-state index contributed by atoms with van der Waals surface area (Å²) in [4.78, 5) is 23.0. The number of nitrogens with zero attached hydrogens (tertiary/aromatic N) is 4. The third kappa shape index (κ3) is 8.29. The van der Waals surface area contributed by atoms with Gasteiger partial charge in [-0.2, -0.15) is 0 Å². The van der Waals surface area contributed by atoms with Crippen molar-refractivity contribution in [2.24, 2.45) is 10.1 Å². The summed E-state index contributed by atoms with van der Waals surface area (Å²) in [7, 11) is 6.16. The van der Waals surface area contributed by atoms with E-state index in [4.69, 9.17) is 44.1 Å². The first-order chi connectivity index (χ1) is 24.9. The lowest BCUT2D eigenvalue weighted by Gasteiger charge is -2.31. The van der Waals surface area contributed by atoms with E-state index in [1.165, 1.54) is 21.3 Å². The van der Waals surface area contributed by atoms with Crippen molar-refractivity contribution in [2.45, 2.75) is 37.6 Å². The monoisotopic (exact) mass is 695 g/mol. The Morgan fingerprint density at radius 2 is 1.65 bits per heavy atom. The third-order valence-corrected chi connectivity index (χ3v) is 8.49. The Labute approximate surface area is 296 Å². The summed E-state index contributed by atoms with van der Waals surface area (Å²) in [5.41, 5.74) is 11.1. The van der Waals surface area contributed by atoms with Gasteiger partial charge in [0.25, 0.3) is 5.91 Å².